The Bertz CT molecular complexity index is 1200. The second-order valence-electron chi connectivity index (χ2n) is 7.05. The van der Waals surface area contributed by atoms with Gasteiger partial charge in [-0.25, -0.2) is 0 Å². The zero-order chi connectivity index (χ0) is 20.7. The first kappa shape index (κ1) is 18.6. The van der Waals surface area contributed by atoms with Crippen LogP contribution in [0.25, 0.3) is 11.3 Å². The van der Waals surface area contributed by atoms with Gasteiger partial charge >= 0.3 is 0 Å². The van der Waals surface area contributed by atoms with E-state index < -0.39 is 0 Å². The van der Waals surface area contributed by atoms with Crippen molar-refractivity contribution in [3.05, 3.63) is 100 Å². The number of aromatic nitrogens is 2. The molecule has 4 aromatic rings. The van der Waals surface area contributed by atoms with E-state index in [-0.39, 0.29) is 11.9 Å². The molecule has 0 saturated carbocycles. The number of halogens is 1. The number of hydrogen-bond donors (Lipinski definition) is 1. The van der Waals surface area contributed by atoms with Gasteiger partial charge in [-0.3, -0.25) is 14.8 Å². The van der Waals surface area contributed by atoms with Crippen LogP contribution in [0, 0.1) is 0 Å². The van der Waals surface area contributed by atoms with Crippen molar-refractivity contribution in [2.24, 2.45) is 0 Å². The van der Waals surface area contributed by atoms with Gasteiger partial charge in [0.25, 0.3) is 5.91 Å². The third-order valence-corrected chi connectivity index (χ3v) is 5.88. The van der Waals surface area contributed by atoms with Gasteiger partial charge < -0.3 is 4.74 Å². The number of rotatable bonds is 4. The summed E-state index contributed by atoms with van der Waals surface area (Å²) >= 11 is 3.47. The highest BCUT2D eigenvalue weighted by Gasteiger charge is 2.42. The van der Waals surface area contributed by atoms with Crippen LogP contribution in [0.5, 0.6) is 5.75 Å². The van der Waals surface area contributed by atoms with Gasteiger partial charge in [0.15, 0.2) is 0 Å². The highest BCUT2D eigenvalue weighted by molar-refractivity contribution is 9.10. The quantitative estimate of drug-likeness (QED) is 0.432. The molecule has 5 rings (SSSR count). The maximum atomic E-state index is 13.4. The summed E-state index contributed by atoms with van der Waals surface area (Å²) in [4.78, 5) is 15.3. The van der Waals surface area contributed by atoms with Crippen molar-refractivity contribution in [1.29, 1.82) is 0 Å². The van der Waals surface area contributed by atoms with Crippen LogP contribution in [0.1, 0.15) is 27.7 Å². The fraction of sp³-hybridized carbons (Fsp3) is 0.0833. The first-order valence-electron chi connectivity index (χ1n) is 9.54. The van der Waals surface area contributed by atoms with Gasteiger partial charge in [-0.05, 0) is 54.1 Å². The Hall–Kier alpha value is -3.38. The molecule has 0 fully saturated rings. The summed E-state index contributed by atoms with van der Waals surface area (Å²) in [5.74, 6) is 0.687. The van der Waals surface area contributed by atoms with Crippen LogP contribution in [-0.2, 0) is 0 Å². The van der Waals surface area contributed by atoms with Crippen LogP contribution >= 0.6 is 15.9 Å². The van der Waals surface area contributed by atoms with Gasteiger partial charge in [-0.15, -0.1) is 0 Å². The predicted octanol–water partition coefficient (Wildman–Crippen LogP) is 5.60. The number of carbonyl (C=O) groups excluding carboxylic acids is 1. The minimum atomic E-state index is -0.272. The average molecular weight is 460 g/mol. The maximum absolute atomic E-state index is 13.4. The number of methoxy groups -OCH3 is 1. The molecule has 1 aromatic heterocycles. The summed E-state index contributed by atoms with van der Waals surface area (Å²) in [6.07, 6.45) is 0. The zero-order valence-corrected chi connectivity index (χ0v) is 17.8. The van der Waals surface area contributed by atoms with Crippen molar-refractivity contribution in [2.75, 3.05) is 12.0 Å². The molecule has 1 aliphatic rings. The number of fused-ring (bicyclic) bond motifs is 1. The van der Waals surface area contributed by atoms with Crippen molar-refractivity contribution in [2.45, 2.75) is 6.04 Å². The number of carbonyl (C=O) groups is 1. The van der Waals surface area contributed by atoms with E-state index in [0.29, 0.717) is 5.69 Å². The van der Waals surface area contributed by atoms with E-state index in [9.17, 15) is 4.79 Å². The molecule has 1 aliphatic heterocycles. The van der Waals surface area contributed by atoms with Crippen molar-refractivity contribution in [1.82, 2.24) is 10.2 Å². The molecule has 2 heterocycles. The summed E-state index contributed by atoms with van der Waals surface area (Å²) in [5, 5.41) is 7.50. The molecule has 148 valence electrons. The molecule has 0 aliphatic carbocycles. The van der Waals surface area contributed by atoms with E-state index in [4.69, 9.17) is 4.74 Å². The molecule has 1 atom stereocenters. The van der Waals surface area contributed by atoms with E-state index >= 15 is 0 Å². The molecule has 3 aromatic carbocycles. The monoisotopic (exact) mass is 459 g/mol. The molecule has 6 heteroatoms. The Balaban J connectivity index is 1.69. The Morgan fingerprint density at radius 2 is 1.67 bits per heavy atom. The van der Waals surface area contributed by atoms with Gasteiger partial charge in [-0.1, -0.05) is 46.3 Å². The highest BCUT2D eigenvalue weighted by Crippen LogP contribution is 2.45. The summed E-state index contributed by atoms with van der Waals surface area (Å²) in [6, 6.07) is 25.3. The molecule has 5 nitrogen and oxygen atoms in total. The summed E-state index contributed by atoms with van der Waals surface area (Å²) in [7, 11) is 1.64. The van der Waals surface area contributed by atoms with Gasteiger partial charge in [-0.2, -0.15) is 5.10 Å². The van der Waals surface area contributed by atoms with E-state index in [0.717, 1.165) is 38.3 Å². The third-order valence-electron chi connectivity index (χ3n) is 5.35. The Kier molecular flexibility index (Phi) is 4.64. The van der Waals surface area contributed by atoms with E-state index in [2.05, 4.69) is 26.1 Å². The SMILES string of the molecule is COc1ccc(-c2n[nH]c3c2C(c2ccccc2)N(c2ccc(Br)cc2)C3=O)cc1. The summed E-state index contributed by atoms with van der Waals surface area (Å²) in [5.41, 5.74) is 4.98. The number of ether oxygens (including phenoxy) is 1. The summed E-state index contributed by atoms with van der Waals surface area (Å²) in [6.45, 7) is 0. The van der Waals surface area contributed by atoms with Crippen LogP contribution < -0.4 is 9.64 Å². The van der Waals surface area contributed by atoms with Crippen molar-refractivity contribution < 1.29 is 9.53 Å². The topological polar surface area (TPSA) is 58.2 Å². The lowest BCUT2D eigenvalue weighted by Gasteiger charge is -2.26. The lowest BCUT2D eigenvalue weighted by atomic mass is 9.96. The molecule has 0 saturated heterocycles. The van der Waals surface area contributed by atoms with Crippen LogP contribution in [-0.4, -0.2) is 23.2 Å². The number of aromatic amines is 1. The molecule has 0 spiro atoms. The summed E-state index contributed by atoms with van der Waals surface area (Å²) < 4.78 is 6.24. The van der Waals surface area contributed by atoms with Crippen LogP contribution in [0.3, 0.4) is 0 Å². The molecule has 1 amide bonds. The largest absolute Gasteiger partial charge is 0.497 e. The average Bonchev–Trinajstić information content (AvgIpc) is 3.34. The Labute approximate surface area is 182 Å². The molecule has 1 unspecified atom stereocenters. The Morgan fingerprint density at radius 3 is 2.33 bits per heavy atom. The number of hydrogen-bond acceptors (Lipinski definition) is 3. The maximum Gasteiger partial charge on any atom is 0.277 e. The van der Waals surface area contributed by atoms with E-state index in [1.165, 1.54) is 0 Å². The normalized spacial score (nSPS) is 15.3. The van der Waals surface area contributed by atoms with Gasteiger partial charge in [0, 0.05) is 21.3 Å². The number of anilines is 1. The molecule has 0 bridgehead atoms. The molecular formula is C24H18BrN3O2. The van der Waals surface area contributed by atoms with Crippen molar-refractivity contribution >= 4 is 27.5 Å². The second kappa shape index (κ2) is 7.46. The second-order valence-corrected chi connectivity index (χ2v) is 7.97. The number of amides is 1. The minimum Gasteiger partial charge on any atom is -0.497 e. The molecule has 30 heavy (non-hydrogen) atoms. The molecule has 1 N–H and O–H groups in total. The van der Waals surface area contributed by atoms with Crippen LogP contribution in [0.15, 0.2) is 83.3 Å². The smallest absolute Gasteiger partial charge is 0.277 e. The van der Waals surface area contributed by atoms with E-state index in [1.807, 2.05) is 83.8 Å². The minimum absolute atomic E-state index is 0.0894. The first-order valence-corrected chi connectivity index (χ1v) is 10.3. The van der Waals surface area contributed by atoms with Crippen molar-refractivity contribution in [3.8, 4) is 17.0 Å². The third kappa shape index (κ3) is 3.00. The predicted molar refractivity (Wildman–Crippen MR) is 120 cm³/mol. The lowest BCUT2D eigenvalue weighted by Crippen LogP contribution is -2.29. The molecular weight excluding hydrogens is 442 g/mol. The lowest BCUT2D eigenvalue weighted by molar-refractivity contribution is 0.0989. The number of H-pyrrole nitrogens is 1. The fourth-order valence-corrected chi connectivity index (χ4v) is 4.20. The van der Waals surface area contributed by atoms with Crippen molar-refractivity contribution in [3.63, 3.8) is 0 Å². The Morgan fingerprint density at radius 1 is 0.967 bits per heavy atom. The zero-order valence-electron chi connectivity index (χ0n) is 16.2. The molecule has 0 radical (unpaired) electrons. The van der Waals surface area contributed by atoms with Crippen LogP contribution in [0.2, 0.25) is 0 Å². The first-order chi connectivity index (χ1) is 14.7. The number of nitrogens with one attached hydrogen (secondary N) is 1. The van der Waals surface area contributed by atoms with Gasteiger partial charge in [0.1, 0.15) is 11.4 Å². The van der Waals surface area contributed by atoms with Crippen LogP contribution in [0.4, 0.5) is 5.69 Å². The fourth-order valence-electron chi connectivity index (χ4n) is 3.93. The van der Waals surface area contributed by atoms with E-state index in [1.54, 1.807) is 7.11 Å². The number of benzene rings is 3. The standard InChI is InChI=1S/C24H18BrN3O2/c1-30-19-13-7-15(8-14-19)21-20-22(27-26-21)24(29)28(18-11-9-17(25)10-12-18)23(20)16-5-3-2-4-6-16/h2-14,23H,1H3,(H,26,27). The van der Waals surface area contributed by atoms with Gasteiger partial charge in [0.05, 0.1) is 18.8 Å². The van der Waals surface area contributed by atoms with Gasteiger partial charge in [0.2, 0.25) is 0 Å². The number of nitrogens with zero attached hydrogens (tertiary/aromatic N) is 2. The highest BCUT2D eigenvalue weighted by atomic mass is 79.9.